The highest BCUT2D eigenvalue weighted by Gasteiger charge is 2.11. The molecule has 0 aliphatic heterocycles. The first-order chi connectivity index (χ1) is 11.1. The molecular formula is C21H16O2. The van der Waals surface area contributed by atoms with Crippen molar-refractivity contribution in [1.82, 2.24) is 0 Å². The van der Waals surface area contributed by atoms with Crippen molar-refractivity contribution < 1.29 is 10.2 Å². The zero-order valence-corrected chi connectivity index (χ0v) is 12.7. The average Bonchev–Trinajstić information content (AvgIpc) is 2.57. The van der Waals surface area contributed by atoms with Crippen molar-refractivity contribution in [3.63, 3.8) is 0 Å². The van der Waals surface area contributed by atoms with Crippen molar-refractivity contribution >= 4 is 21.5 Å². The van der Waals surface area contributed by atoms with Gasteiger partial charge >= 0.3 is 0 Å². The Morgan fingerprint density at radius 1 is 0.565 bits per heavy atom. The van der Waals surface area contributed by atoms with E-state index in [1.165, 1.54) is 0 Å². The first-order valence-corrected chi connectivity index (χ1v) is 7.58. The number of benzene rings is 4. The number of aromatic hydroxyl groups is 2. The molecule has 23 heavy (non-hydrogen) atoms. The maximum atomic E-state index is 10.2. The third-order valence-electron chi connectivity index (χ3n) is 4.34. The van der Waals surface area contributed by atoms with Crippen LogP contribution in [0.25, 0.3) is 32.7 Å². The van der Waals surface area contributed by atoms with Crippen LogP contribution in [0.5, 0.6) is 11.5 Å². The van der Waals surface area contributed by atoms with Crippen molar-refractivity contribution in [2.45, 2.75) is 6.92 Å². The second kappa shape index (κ2) is 5.03. The molecule has 4 aromatic carbocycles. The summed E-state index contributed by atoms with van der Waals surface area (Å²) in [7, 11) is 0. The Labute approximate surface area is 134 Å². The third kappa shape index (κ3) is 2.11. The highest BCUT2D eigenvalue weighted by molar-refractivity contribution is 6.08. The zero-order valence-electron chi connectivity index (χ0n) is 12.7. The monoisotopic (exact) mass is 300 g/mol. The van der Waals surface area contributed by atoms with Crippen LogP contribution in [0.1, 0.15) is 5.56 Å². The Hall–Kier alpha value is -3.00. The summed E-state index contributed by atoms with van der Waals surface area (Å²) in [6.45, 7) is 2.02. The van der Waals surface area contributed by atoms with E-state index in [4.69, 9.17) is 0 Å². The number of hydrogen-bond acceptors (Lipinski definition) is 2. The summed E-state index contributed by atoms with van der Waals surface area (Å²) in [5, 5.41) is 24.0. The van der Waals surface area contributed by atoms with Crippen molar-refractivity contribution in [3.8, 4) is 22.6 Å². The smallest absolute Gasteiger partial charge is 0.123 e. The second-order valence-electron chi connectivity index (χ2n) is 5.86. The molecule has 0 saturated carbocycles. The van der Waals surface area contributed by atoms with Crippen LogP contribution in [-0.2, 0) is 0 Å². The number of rotatable bonds is 1. The van der Waals surface area contributed by atoms with E-state index in [0.717, 1.165) is 38.2 Å². The minimum absolute atomic E-state index is 0.281. The summed E-state index contributed by atoms with van der Waals surface area (Å²) in [5.41, 5.74) is 3.21. The predicted octanol–water partition coefficient (Wildman–Crippen LogP) is 5.38. The van der Waals surface area contributed by atoms with E-state index in [1.54, 1.807) is 12.1 Å². The molecule has 2 N–H and O–H groups in total. The molecule has 0 saturated heterocycles. The van der Waals surface area contributed by atoms with Gasteiger partial charge in [-0.25, -0.2) is 0 Å². The predicted molar refractivity (Wildman–Crippen MR) is 95.0 cm³/mol. The lowest BCUT2D eigenvalue weighted by atomic mass is 9.93. The molecule has 0 aliphatic rings. The Bertz CT molecular complexity index is 1050. The van der Waals surface area contributed by atoms with Crippen LogP contribution in [0.2, 0.25) is 0 Å². The quantitative estimate of drug-likeness (QED) is 0.495. The zero-order chi connectivity index (χ0) is 16.0. The number of fused-ring (bicyclic) bond motifs is 2. The molecule has 4 aromatic rings. The fourth-order valence-corrected chi connectivity index (χ4v) is 3.20. The number of hydrogen-bond donors (Lipinski definition) is 2. The van der Waals surface area contributed by atoms with E-state index in [2.05, 4.69) is 0 Å². The van der Waals surface area contributed by atoms with Gasteiger partial charge in [0.1, 0.15) is 11.5 Å². The van der Waals surface area contributed by atoms with Crippen LogP contribution in [0, 0.1) is 6.92 Å². The van der Waals surface area contributed by atoms with Crippen LogP contribution in [0.15, 0.2) is 66.7 Å². The number of phenols is 2. The van der Waals surface area contributed by atoms with E-state index < -0.39 is 0 Å². The van der Waals surface area contributed by atoms with Gasteiger partial charge < -0.3 is 10.2 Å². The Morgan fingerprint density at radius 2 is 1.13 bits per heavy atom. The SMILES string of the molecule is Cc1ccc2c(-c3ccc(O)c4ccccc34)ccc(O)c2c1. The van der Waals surface area contributed by atoms with Crippen molar-refractivity contribution in [3.05, 3.63) is 72.3 Å². The van der Waals surface area contributed by atoms with E-state index in [-0.39, 0.29) is 11.5 Å². The molecule has 0 bridgehead atoms. The van der Waals surface area contributed by atoms with Crippen LogP contribution < -0.4 is 0 Å². The van der Waals surface area contributed by atoms with Crippen LogP contribution in [-0.4, -0.2) is 10.2 Å². The molecule has 0 heterocycles. The maximum Gasteiger partial charge on any atom is 0.123 e. The molecule has 2 heteroatoms. The summed E-state index contributed by atoms with van der Waals surface area (Å²) < 4.78 is 0. The van der Waals surface area contributed by atoms with Gasteiger partial charge in [0.25, 0.3) is 0 Å². The van der Waals surface area contributed by atoms with Crippen molar-refractivity contribution in [2.75, 3.05) is 0 Å². The molecule has 112 valence electrons. The van der Waals surface area contributed by atoms with Gasteiger partial charge in [-0.2, -0.15) is 0 Å². The lowest BCUT2D eigenvalue weighted by Crippen LogP contribution is -1.86. The van der Waals surface area contributed by atoms with E-state index in [9.17, 15) is 10.2 Å². The Kier molecular flexibility index (Phi) is 2.98. The van der Waals surface area contributed by atoms with Gasteiger partial charge in [-0.15, -0.1) is 0 Å². The summed E-state index contributed by atoms with van der Waals surface area (Å²) in [4.78, 5) is 0. The second-order valence-corrected chi connectivity index (χ2v) is 5.86. The van der Waals surface area contributed by atoms with Gasteiger partial charge in [0.15, 0.2) is 0 Å². The van der Waals surface area contributed by atoms with Gasteiger partial charge in [0, 0.05) is 10.8 Å². The molecule has 4 rings (SSSR count). The van der Waals surface area contributed by atoms with Gasteiger partial charge in [-0.3, -0.25) is 0 Å². The normalized spacial score (nSPS) is 11.2. The highest BCUT2D eigenvalue weighted by atomic mass is 16.3. The van der Waals surface area contributed by atoms with Crippen molar-refractivity contribution in [1.29, 1.82) is 0 Å². The van der Waals surface area contributed by atoms with E-state index >= 15 is 0 Å². The molecule has 0 aliphatic carbocycles. The topological polar surface area (TPSA) is 40.5 Å². The Morgan fingerprint density at radius 3 is 1.83 bits per heavy atom. The van der Waals surface area contributed by atoms with Gasteiger partial charge in [-0.05, 0) is 47.0 Å². The van der Waals surface area contributed by atoms with Crippen molar-refractivity contribution in [2.24, 2.45) is 0 Å². The fraction of sp³-hybridized carbons (Fsp3) is 0.0476. The van der Waals surface area contributed by atoms with E-state index in [1.807, 2.05) is 61.5 Å². The lowest BCUT2D eigenvalue weighted by Gasteiger charge is -2.12. The molecule has 0 fully saturated rings. The largest absolute Gasteiger partial charge is 0.507 e. The van der Waals surface area contributed by atoms with E-state index in [0.29, 0.717) is 0 Å². The summed E-state index contributed by atoms with van der Waals surface area (Å²) in [5.74, 6) is 0.568. The minimum atomic E-state index is 0.281. The third-order valence-corrected chi connectivity index (χ3v) is 4.34. The molecule has 0 radical (unpaired) electrons. The van der Waals surface area contributed by atoms with Crippen LogP contribution in [0.4, 0.5) is 0 Å². The Balaban J connectivity index is 2.12. The van der Waals surface area contributed by atoms with Gasteiger partial charge in [0.2, 0.25) is 0 Å². The molecule has 0 amide bonds. The van der Waals surface area contributed by atoms with Crippen LogP contribution >= 0.6 is 0 Å². The molecule has 2 nitrogen and oxygen atoms in total. The summed E-state index contributed by atoms with van der Waals surface area (Å²) >= 11 is 0. The standard InChI is InChI=1S/C21H16O2/c1-13-6-7-17-16(9-11-21(23)19(17)12-13)15-8-10-20(22)18-5-3-2-4-14(15)18/h2-12,22-23H,1H3. The maximum absolute atomic E-state index is 10.2. The molecule has 0 unspecified atom stereocenters. The summed E-state index contributed by atoms with van der Waals surface area (Å²) in [6.07, 6.45) is 0. The molecule has 0 atom stereocenters. The average molecular weight is 300 g/mol. The highest BCUT2D eigenvalue weighted by Crippen LogP contribution is 2.39. The first kappa shape index (κ1) is 13.6. The van der Waals surface area contributed by atoms with Gasteiger partial charge in [0.05, 0.1) is 0 Å². The molecule has 0 aromatic heterocycles. The lowest BCUT2D eigenvalue weighted by molar-refractivity contribution is 0.481. The molecule has 0 spiro atoms. The first-order valence-electron chi connectivity index (χ1n) is 7.58. The molecular weight excluding hydrogens is 284 g/mol. The summed E-state index contributed by atoms with van der Waals surface area (Å²) in [6, 6.07) is 21.2. The minimum Gasteiger partial charge on any atom is -0.507 e. The number of phenolic OH excluding ortho intramolecular Hbond substituents is 2. The van der Waals surface area contributed by atoms with Gasteiger partial charge in [-0.1, -0.05) is 54.1 Å². The fourth-order valence-electron chi connectivity index (χ4n) is 3.20. The van der Waals surface area contributed by atoms with Crippen LogP contribution in [0.3, 0.4) is 0 Å². The number of aryl methyl sites for hydroxylation is 1.